The summed E-state index contributed by atoms with van der Waals surface area (Å²) in [5.74, 6) is 3.54. The van der Waals surface area contributed by atoms with E-state index in [2.05, 4.69) is 5.32 Å². The molecule has 3 aliphatic rings. The van der Waals surface area contributed by atoms with Crippen molar-refractivity contribution in [3.63, 3.8) is 0 Å². The zero-order valence-corrected chi connectivity index (χ0v) is 10.1. The predicted molar refractivity (Wildman–Crippen MR) is 64.2 cm³/mol. The third-order valence-electron chi connectivity index (χ3n) is 5.10. The number of hydrogen-bond acceptors (Lipinski definition) is 2. The van der Waals surface area contributed by atoms with Crippen molar-refractivity contribution in [1.82, 2.24) is 5.32 Å². The van der Waals surface area contributed by atoms with E-state index < -0.39 is 0 Å². The SMILES string of the molecule is O=C(CC1CC2CCC1C2)C1CCCNC1. The van der Waals surface area contributed by atoms with E-state index in [0.717, 1.165) is 43.7 Å². The number of Topliss-reactive ketones (excluding diaryl/α,β-unsaturated/α-hetero) is 1. The molecule has 1 heterocycles. The van der Waals surface area contributed by atoms with Crippen molar-refractivity contribution in [1.29, 1.82) is 0 Å². The molecule has 2 bridgehead atoms. The van der Waals surface area contributed by atoms with Crippen LogP contribution in [0.3, 0.4) is 0 Å². The van der Waals surface area contributed by atoms with Gasteiger partial charge in [-0.3, -0.25) is 4.79 Å². The summed E-state index contributed by atoms with van der Waals surface area (Å²) >= 11 is 0. The van der Waals surface area contributed by atoms with E-state index in [1.54, 1.807) is 0 Å². The summed E-state index contributed by atoms with van der Waals surface area (Å²) in [6, 6.07) is 0. The molecule has 1 N–H and O–H groups in total. The molecule has 90 valence electrons. The van der Waals surface area contributed by atoms with Crippen LogP contribution in [-0.4, -0.2) is 18.9 Å². The fourth-order valence-electron chi connectivity index (χ4n) is 4.18. The molecular formula is C14H23NO. The molecule has 1 saturated heterocycles. The average Bonchev–Trinajstić information content (AvgIpc) is 2.92. The highest BCUT2D eigenvalue weighted by atomic mass is 16.1. The molecule has 2 nitrogen and oxygen atoms in total. The predicted octanol–water partition coefficient (Wildman–Crippen LogP) is 2.38. The zero-order chi connectivity index (χ0) is 11.0. The van der Waals surface area contributed by atoms with Gasteiger partial charge in [0.2, 0.25) is 0 Å². The van der Waals surface area contributed by atoms with Gasteiger partial charge in [-0.2, -0.15) is 0 Å². The van der Waals surface area contributed by atoms with Crippen molar-refractivity contribution in [2.75, 3.05) is 13.1 Å². The van der Waals surface area contributed by atoms with Crippen LogP contribution in [0.25, 0.3) is 0 Å². The second-order valence-electron chi connectivity index (χ2n) is 6.15. The van der Waals surface area contributed by atoms with Gasteiger partial charge in [0.15, 0.2) is 0 Å². The number of nitrogens with one attached hydrogen (secondary N) is 1. The standard InChI is InChI=1S/C14H23NO/c16-14(12-2-1-5-15-9-12)8-13-7-10-3-4-11(13)6-10/h10-13,15H,1-9H2. The fraction of sp³-hybridized carbons (Fsp3) is 0.929. The lowest BCUT2D eigenvalue weighted by atomic mass is 9.81. The summed E-state index contributed by atoms with van der Waals surface area (Å²) in [6.07, 6.45) is 8.86. The summed E-state index contributed by atoms with van der Waals surface area (Å²) in [7, 11) is 0. The van der Waals surface area contributed by atoms with Gasteiger partial charge in [-0.1, -0.05) is 6.42 Å². The Hall–Kier alpha value is -0.370. The average molecular weight is 221 g/mol. The summed E-state index contributed by atoms with van der Waals surface area (Å²) in [5.41, 5.74) is 0. The molecule has 1 aliphatic heterocycles. The Bertz CT molecular complexity index is 270. The minimum Gasteiger partial charge on any atom is -0.316 e. The highest BCUT2D eigenvalue weighted by Crippen LogP contribution is 2.49. The van der Waals surface area contributed by atoms with Crippen molar-refractivity contribution in [2.45, 2.75) is 44.9 Å². The van der Waals surface area contributed by atoms with Crippen LogP contribution >= 0.6 is 0 Å². The highest BCUT2D eigenvalue weighted by molar-refractivity contribution is 5.81. The Balaban J connectivity index is 1.52. The molecular weight excluding hydrogens is 198 g/mol. The Kier molecular flexibility index (Phi) is 3.01. The zero-order valence-electron chi connectivity index (χ0n) is 10.1. The van der Waals surface area contributed by atoms with Gasteiger partial charge in [0.25, 0.3) is 0 Å². The molecule has 2 heteroatoms. The van der Waals surface area contributed by atoms with E-state index in [1.807, 2.05) is 0 Å². The molecule has 0 amide bonds. The smallest absolute Gasteiger partial charge is 0.137 e. The lowest BCUT2D eigenvalue weighted by Crippen LogP contribution is -2.35. The van der Waals surface area contributed by atoms with E-state index in [-0.39, 0.29) is 0 Å². The van der Waals surface area contributed by atoms with E-state index >= 15 is 0 Å². The van der Waals surface area contributed by atoms with E-state index in [0.29, 0.717) is 11.7 Å². The van der Waals surface area contributed by atoms with Crippen molar-refractivity contribution >= 4 is 5.78 Å². The summed E-state index contributed by atoms with van der Waals surface area (Å²) in [5, 5.41) is 3.35. The summed E-state index contributed by atoms with van der Waals surface area (Å²) < 4.78 is 0. The van der Waals surface area contributed by atoms with Crippen molar-refractivity contribution in [2.24, 2.45) is 23.7 Å². The first-order chi connectivity index (χ1) is 7.83. The van der Waals surface area contributed by atoms with Gasteiger partial charge in [-0.15, -0.1) is 0 Å². The van der Waals surface area contributed by atoms with Crippen LogP contribution in [-0.2, 0) is 4.79 Å². The summed E-state index contributed by atoms with van der Waals surface area (Å²) in [4.78, 5) is 12.2. The molecule has 0 aromatic carbocycles. The van der Waals surface area contributed by atoms with Crippen molar-refractivity contribution in [3.8, 4) is 0 Å². The first-order valence-corrected chi connectivity index (χ1v) is 7.06. The number of rotatable bonds is 3. The second kappa shape index (κ2) is 4.48. The first-order valence-electron chi connectivity index (χ1n) is 7.06. The van der Waals surface area contributed by atoms with E-state index in [4.69, 9.17) is 0 Å². The third kappa shape index (κ3) is 2.04. The van der Waals surface area contributed by atoms with Gasteiger partial charge in [-0.25, -0.2) is 0 Å². The van der Waals surface area contributed by atoms with Gasteiger partial charge in [0.1, 0.15) is 5.78 Å². The number of carbonyl (C=O) groups is 1. The molecule has 0 aromatic heterocycles. The van der Waals surface area contributed by atoms with Crippen LogP contribution in [0.2, 0.25) is 0 Å². The molecule has 3 rings (SSSR count). The number of piperidine rings is 1. The minimum absolute atomic E-state index is 0.341. The van der Waals surface area contributed by atoms with Crippen molar-refractivity contribution < 1.29 is 4.79 Å². The normalized spacial score (nSPS) is 42.5. The van der Waals surface area contributed by atoms with Crippen LogP contribution < -0.4 is 5.32 Å². The van der Waals surface area contributed by atoms with Gasteiger partial charge in [0, 0.05) is 18.9 Å². The Morgan fingerprint density at radius 2 is 2.12 bits per heavy atom. The molecule has 0 spiro atoms. The van der Waals surface area contributed by atoms with E-state index in [1.165, 1.54) is 32.1 Å². The molecule has 3 fully saturated rings. The topological polar surface area (TPSA) is 29.1 Å². The fourth-order valence-corrected chi connectivity index (χ4v) is 4.18. The molecule has 4 atom stereocenters. The number of hydrogen-bond donors (Lipinski definition) is 1. The Morgan fingerprint density at radius 1 is 1.19 bits per heavy atom. The molecule has 4 unspecified atom stereocenters. The Morgan fingerprint density at radius 3 is 2.75 bits per heavy atom. The minimum atomic E-state index is 0.341. The number of carbonyl (C=O) groups excluding carboxylic acids is 1. The van der Waals surface area contributed by atoms with Gasteiger partial charge >= 0.3 is 0 Å². The van der Waals surface area contributed by atoms with Crippen LogP contribution in [0.15, 0.2) is 0 Å². The highest BCUT2D eigenvalue weighted by Gasteiger charge is 2.40. The monoisotopic (exact) mass is 221 g/mol. The summed E-state index contributed by atoms with van der Waals surface area (Å²) in [6.45, 7) is 2.05. The molecule has 2 aliphatic carbocycles. The molecule has 16 heavy (non-hydrogen) atoms. The Labute approximate surface area is 98.2 Å². The van der Waals surface area contributed by atoms with Crippen LogP contribution in [0.1, 0.15) is 44.9 Å². The van der Waals surface area contributed by atoms with Gasteiger partial charge in [-0.05, 0) is 56.4 Å². The van der Waals surface area contributed by atoms with E-state index in [9.17, 15) is 4.79 Å². The maximum absolute atomic E-state index is 12.2. The maximum Gasteiger partial charge on any atom is 0.137 e. The van der Waals surface area contributed by atoms with Gasteiger partial charge in [0.05, 0.1) is 0 Å². The molecule has 0 aromatic rings. The lowest BCUT2D eigenvalue weighted by Gasteiger charge is -2.26. The largest absolute Gasteiger partial charge is 0.316 e. The molecule has 2 saturated carbocycles. The van der Waals surface area contributed by atoms with Crippen LogP contribution in [0.5, 0.6) is 0 Å². The second-order valence-corrected chi connectivity index (χ2v) is 6.15. The van der Waals surface area contributed by atoms with Gasteiger partial charge < -0.3 is 5.32 Å². The number of fused-ring (bicyclic) bond motifs is 2. The maximum atomic E-state index is 12.2. The number of ketones is 1. The van der Waals surface area contributed by atoms with Crippen LogP contribution in [0, 0.1) is 23.7 Å². The first kappa shape index (κ1) is 10.8. The molecule has 0 radical (unpaired) electrons. The van der Waals surface area contributed by atoms with Crippen LogP contribution in [0.4, 0.5) is 0 Å². The quantitative estimate of drug-likeness (QED) is 0.793. The van der Waals surface area contributed by atoms with Crippen molar-refractivity contribution in [3.05, 3.63) is 0 Å². The third-order valence-corrected chi connectivity index (χ3v) is 5.10. The lowest BCUT2D eigenvalue weighted by molar-refractivity contribution is -0.124.